The first-order valence-corrected chi connectivity index (χ1v) is 6.33. The van der Waals surface area contributed by atoms with Gasteiger partial charge in [-0.1, -0.05) is 0 Å². The maximum absolute atomic E-state index is 12.1. The van der Waals surface area contributed by atoms with E-state index in [1.807, 2.05) is 0 Å². The summed E-state index contributed by atoms with van der Waals surface area (Å²) in [7, 11) is 4.40. The smallest absolute Gasteiger partial charge is 0.319 e. The predicted octanol–water partition coefficient (Wildman–Crippen LogP) is 1.52. The Kier molecular flexibility index (Phi) is 3.93. The quantitative estimate of drug-likeness (QED) is 0.773. The number of hydrogen-bond acceptors (Lipinski definition) is 5. The summed E-state index contributed by atoms with van der Waals surface area (Å²) in [4.78, 5) is 23.2. The minimum Gasteiger partial charge on any atom is -0.493 e. The van der Waals surface area contributed by atoms with Gasteiger partial charge in [0.25, 0.3) is 0 Å². The van der Waals surface area contributed by atoms with Crippen molar-refractivity contribution >= 4 is 17.6 Å². The van der Waals surface area contributed by atoms with Crippen molar-refractivity contribution in [2.24, 2.45) is 5.41 Å². The highest BCUT2D eigenvalue weighted by Crippen LogP contribution is 2.47. The summed E-state index contributed by atoms with van der Waals surface area (Å²) in [6.07, 6.45) is 0.692. The molecule has 0 saturated heterocycles. The molecule has 0 bridgehead atoms. The number of ether oxygens (including phenoxy) is 3. The van der Waals surface area contributed by atoms with E-state index in [-0.39, 0.29) is 0 Å². The Bertz CT molecular complexity index is 554. The van der Waals surface area contributed by atoms with Crippen LogP contribution in [0.25, 0.3) is 0 Å². The molecule has 1 aliphatic carbocycles. The van der Waals surface area contributed by atoms with Gasteiger partial charge < -0.3 is 24.6 Å². The maximum atomic E-state index is 12.1. The normalized spacial score (nSPS) is 15.0. The third-order valence-corrected chi connectivity index (χ3v) is 3.52. The van der Waals surface area contributed by atoms with Crippen LogP contribution in [0.5, 0.6) is 17.2 Å². The molecule has 7 nitrogen and oxygen atoms in total. The largest absolute Gasteiger partial charge is 0.493 e. The second kappa shape index (κ2) is 5.51. The zero-order valence-corrected chi connectivity index (χ0v) is 12.1. The Labute approximate surface area is 121 Å². The zero-order valence-electron chi connectivity index (χ0n) is 12.1. The van der Waals surface area contributed by atoms with Crippen LogP contribution < -0.4 is 19.5 Å². The van der Waals surface area contributed by atoms with Crippen LogP contribution in [0.3, 0.4) is 0 Å². The van der Waals surface area contributed by atoms with Gasteiger partial charge >= 0.3 is 5.97 Å². The van der Waals surface area contributed by atoms with Gasteiger partial charge in [0, 0.05) is 17.8 Å². The standard InChI is InChI=1S/C14H17NO6/c1-19-9-6-8(7-10(20-2)11(9)21-3)15-12(16)14(4-5-14)13(17)18/h6-7H,4-5H2,1-3H3,(H,15,16)(H,17,18). The summed E-state index contributed by atoms with van der Waals surface area (Å²) in [6, 6.07) is 3.11. The number of hydrogen-bond donors (Lipinski definition) is 2. The molecule has 2 rings (SSSR count). The van der Waals surface area contributed by atoms with Crippen LogP contribution in [-0.2, 0) is 9.59 Å². The first-order valence-electron chi connectivity index (χ1n) is 6.33. The monoisotopic (exact) mass is 295 g/mol. The Morgan fingerprint density at radius 1 is 1.10 bits per heavy atom. The summed E-state index contributed by atoms with van der Waals surface area (Å²) in [5.74, 6) is -0.478. The van der Waals surface area contributed by atoms with E-state index in [1.54, 1.807) is 12.1 Å². The van der Waals surface area contributed by atoms with Gasteiger partial charge in [0.2, 0.25) is 11.7 Å². The molecule has 0 atom stereocenters. The van der Waals surface area contributed by atoms with Crippen LogP contribution in [-0.4, -0.2) is 38.3 Å². The molecule has 1 fully saturated rings. The number of benzene rings is 1. The molecule has 21 heavy (non-hydrogen) atoms. The van der Waals surface area contributed by atoms with Crippen LogP contribution >= 0.6 is 0 Å². The lowest BCUT2D eigenvalue weighted by molar-refractivity contribution is -0.147. The number of nitrogens with one attached hydrogen (secondary N) is 1. The molecule has 1 amide bonds. The highest BCUT2D eigenvalue weighted by Gasteiger charge is 2.57. The lowest BCUT2D eigenvalue weighted by Crippen LogP contribution is -2.31. The second-order valence-electron chi connectivity index (χ2n) is 4.76. The number of carbonyl (C=O) groups excluding carboxylic acids is 1. The fraction of sp³-hybridized carbons (Fsp3) is 0.429. The minimum absolute atomic E-state index is 0.346. The van der Waals surface area contributed by atoms with E-state index in [4.69, 9.17) is 19.3 Å². The van der Waals surface area contributed by atoms with E-state index >= 15 is 0 Å². The van der Waals surface area contributed by atoms with Crippen LogP contribution in [0.15, 0.2) is 12.1 Å². The van der Waals surface area contributed by atoms with E-state index < -0.39 is 17.3 Å². The highest BCUT2D eigenvalue weighted by molar-refractivity contribution is 6.10. The number of carbonyl (C=O) groups is 2. The van der Waals surface area contributed by atoms with Gasteiger partial charge in [-0.05, 0) is 12.8 Å². The van der Waals surface area contributed by atoms with Gasteiger partial charge in [0.1, 0.15) is 5.41 Å². The summed E-state index contributed by atoms with van der Waals surface area (Å²) in [6.45, 7) is 0. The molecular formula is C14H17NO6. The molecule has 0 spiro atoms. The Hall–Kier alpha value is -2.44. The van der Waals surface area contributed by atoms with Gasteiger partial charge in [-0.25, -0.2) is 0 Å². The summed E-state index contributed by atoms with van der Waals surface area (Å²) < 4.78 is 15.5. The Morgan fingerprint density at radius 2 is 1.62 bits per heavy atom. The van der Waals surface area contributed by atoms with E-state index in [1.165, 1.54) is 21.3 Å². The first kappa shape index (κ1) is 15.0. The van der Waals surface area contributed by atoms with Crippen molar-refractivity contribution in [1.82, 2.24) is 0 Å². The van der Waals surface area contributed by atoms with Crippen molar-refractivity contribution in [3.05, 3.63) is 12.1 Å². The first-order chi connectivity index (χ1) is 9.98. The predicted molar refractivity (Wildman–Crippen MR) is 74.0 cm³/mol. The zero-order chi connectivity index (χ0) is 15.6. The lowest BCUT2D eigenvalue weighted by atomic mass is 10.1. The number of rotatable bonds is 6. The molecule has 1 aromatic rings. The van der Waals surface area contributed by atoms with Crippen molar-refractivity contribution < 1.29 is 28.9 Å². The Morgan fingerprint density at radius 3 is 1.95 bits per heavy atom. The topological polar surface area (TPSA) is 94.1 Å². The fourth-order valence-corrected chi connectivity index (χ4v) is 2.07. The summed E-state index contributed by atoms with van der Waals surface area (Å²) in [5.41, 5.74) is -0.914. The van der Waals surface area contributed by atoms with E-state index in [0.29, 0.717) is 35.8 Å². The number of amides is 1. The van der Waals surface area contributed by atoms with Gasteiger partial charge in [0.15, 0.2) is 11.5 Å². The molecule has 0 unspecified atom stereocenters. The highest BCUT2D eigenvalue weighted by atomic mass is 16.5. The number of methoxy groups -OCH3 is 3. The lowest BCUT2D eigenvalue weighted by Gasteiger charge is -2.16. The van der Waals surface area contributed by atoms with E-state index in [0.717, 1.165) is 0 Å². The van der Waals surface area contributed by atoms with Crippen molar-refractivity contribution in [3.8, 4) is 17.2 Å². The summed E-state index contributed by atoms with van der Waals surface area (Å²) in [5, 5.41) is 11.7. The van der Waals surface area contributed by atoms with Crippen molar-refractivity contribution in [2.45, 2.75) is 12.8 Å². The third kappa shape index (κ3) is 2.58. The number of carboxylic acid groups (broad SMARTS) is 1. The van der Waals surface area contributed by atoms with Crippen LogP contribution in [0.1, 0.15) is 12.8 Å². The van der Waals surface area contributed by atoms with Gasteiger partial charge in [-0.3, -0.25) is 9.59 Å². The molecule has 2 N–H and O–H groups in total. The molecule has 0 aromatic heterocycles. The molecule has 114 valence electrons. The number of carboxylic acids is 1. The van der Waals surface area contributed by atoms with Crippen molar-refractivity contribution in [3.63, 3.8) is 0 Å². The number of aliphatic carboxylic acids is 1. The van der Waals surface area contributed by atoms with E-state index in [9.17, 15) is 9.59 Å². The molecule has 0 aliphatic heterocycles. The number of anilines is 1. The molecule has 0 heterocycles. The van der Waals surface area contributed by atoms with Crippen LogP contribution in [0.2, 0.25) is 0 Å². The average Bonchev–Trinajstić information content (AvgIpc) is 3.27. The fourth-order valence-electron chi connectivity index (χ4n) is 2.07. The minimum atomic E-state index is -1.31. The molecular weight excluding hydrogens is 278 g/mol. The van der Waals surface area contributed by atoms with Gasteiger partial charge in [-0.15, -0.1) is 0 Å². The van der Waals surface area contributed by atoms with Crippen LogP contribution in [0, 0.1) is 5.41 Å². The van der Waals surface area contributed by atoms with Crippen LogP contribution in [0.4, 0.5) is 5.69 Å². The molecule has 0 radical (unpaired) electrons. The van der Waals surface area contributed by atoms with E-state index in [2.05, 4.69) is 5.32 Å². The molecule has 7 heteroatoms. The second-order valence-corrected chi connectivity index (χ2v) is 4.76. The Balaban J connectivity index is 2.29. The van der Waals surface area contributed by atoms with Crippen molar-refractivity contribution in [1.29, 1.82) is 0 Å². The maximum Gasteiger partial charge on any atom is 0.319 e. The molecule has 1 aromatic carbocycles. The van der Waals surface area contributed by atoms with Gasteiger partial charge in [-0.2, -0.15) is 0 Å². The summed E-state index contributed by atoms with van der Waals surface area (Å²) >= 11 is 0. The molecule has 1 aliphatic rings. The average molecular weight is 295 g/mol. The van der Waals surface area contributed by atoms with Crippen molar-refractivity contribution in [2.75, 3.05) is 26.6 Å². The van der Waals surface area contributed by atoms with Gasteiger partial charge in [0.05, 0.1) is 21.3 Å². The molecule has 1 saturated carbocycles. The third-order valence-electron chi connectivity index (χ3n) is 3.52. The SMILES string of the molecule is COc1cc(NC(=O)C2(C(=O)O)CC2)cc(OC)c1OC.